The summed E-state index contributed by atoms with van der Waals surface area (Å²) in [5, 5.41) is 0. The standard InChI is InChI=1S/C24H31FN2O2/c25-22-9-3-1-7-19(22)11-12-20-8-2-4-10-23(20)29-18-6-5-15-27-16-13-21(14-17-27)24(26)28/h1-4,7-10,21H,5-6,11-18H2,(H2,26,28). The van der Waals surface area contributed by atoms with Crippen LogP contribution in [0.15, 0.2) is 48.5 Å². The lowest BCUT2D eigenvalue weighted by Gasteiger charge is -2.30. The molecular formula is C24H31FN2O2. The van der Waals surface area contributed by atoms with Gasteiger partial charge >= 0.3 is 0 Å². The highest BCUT2D eigenvalue weighted by Crippen LogP contribution is 2.21. The van der Waals surface area contributed by atoms with Gasteiger partial charge in [-0.3, -0.25) is 4.79 Å². The van der Waals surface area contributed by atoms with E-state index < -0.39 is 0 Å². The first-order valence-corrected chi connectivity index (χ1v) is 10.6. The highest BCUT2D eigenvalue weighted by atomic mass is 19.1. The van der Waals surface area contributed by atoms with E-state index in [4.69, 9.17) is 10.5 Å². The number of halogens is 1. The first kappa shape index (κ1) is 21.3. The van der Waals surface area contributed by atoms with Gasteiger partial charge in [0, 0.05) is 5.92 Å². The highest BCUT2D eigenvalue weighted by Gasteiger charge is 2.22. The molecule has 0 aliphatic carbocycles. The number of para-hydroxylation sites is 1. The third-order valence-electron chi connectivity index (χ3n) is 5.71. The molecule has 1 amide bonds. The molecule has 0 saturated carbocycles. The molecule has 2 aromatic rings. The Morgan fingerprint density at radius 3 is 2.38 bits per heavy atom. The fourth-order valence-electron chi connectivity index (χ4n) is 3.88. The number of aryl methyl sites for hydroxylation is 2. The number of nitrogens with zero attached hydrogens (tertiary/aromatic N) is 1. The minimum atomic E-state index is -0.160. The number of hydrogen-bond acceptors (Lipinski definition) is 3. The average molecular weight is 399 g/mol. The smallest absolute Gasteiger partial charge is 0.220 e. The van der Waals surface area contributed by atoms with E-state index in [0.29, 0.717) is 13.0 Å². The van der Waals surface area contributed by atoms with Crippen LogP contribution in [0.25, 0.3) is 0 Å². The number of primary amides is 1. The fourth-order valence-corrected chi connectivity index (χ4v) is 3.88. The Bertz CT molecular complexity index is 788. The number of hydrogen-bond donors (Lipinski definition) is 1. The number of carbonyl (C=O) groups excluding carboxylic acids is 1. The molecule has 156 valence electrons. The van der Waals surface area contributed by atoms with Gasteiger partial charge in [0.05, 0.1) is 6.61 Å². The molecule has 2 aromatic carbocycles. The van der Waals surface area contributed by atoms with Gasteiger partial charge in [0.1, 0.15) is 11.6 Å². The zero-order valence-corrected chi connectivity index (χ0v) is 17.0. The minimum Gasteiger partial charge on any atom is -0.493 e. The van der Waals surface area contributed by atoms with Crippen molar-refractivity contribution < 1.29 is 13.9 Å². The first-order chi connectivity index (χ1) is 14.1. The van der Waals surface area contributed by atoms with Crippen molar-refractivity contribution in [2.75, 3.05) is 26.2 Å². The van der Waals surface area contributed by atoms with Crippen LogP contribution >= 0.6 is 0 Å². The molecule has 1 fully saturated rings. The Kier molecular flexibility index (Phi) is 8.05. The van der Waals surface area contributed by atoms with Crippen LogP contribution in [0, 0.1) is 11.7 Å². The van der Waals surface area contributed by atoms with Crippen molar-refractivity contribution in [2.45, 2.75) is 38.5 Å². The van der Waals surface area contributed by atoms with E-state index in [0.717, 1.165) is 68.6 Å². The number of nitrogens with two attached hydrogens (primary N) is 1. The largest absolute Gasteiger partial charge is 0.493 e. The number of ether oxygens (including phenoxy) is 1. The maximum absolute atomic E-state index is 13.8. The van der Waals surface area contributed by atoms with Crippen molar-refractivity contribution in [3.05, 3.63) is 65.5 Å². The summed E-state index contributed by atoms with van der Waals surface area (Å²) in [5.74, 6) is 0.638. The van der Waals surface area contributed by atoms with E-state index >= 15 is 0 Å². The first-order valence-electron chi connectivity index (χ1n) is 10.6. The molecule has 1 heterocycles. The van der Waals surface area contributed by atoms with Crippen LogP contribution in [0.3, 0.4) is 0 Å². The van der Waals surface area contributed by atoms with Crippen LogP contribution in [0.4, 0.5) is 4.39 Å². The van der Waals surface area contributed by atoms with Crippen LogP contribution in [-0.2, 0) is 17.6 Å². The fraction of sp³-hybridized carbons (Fsp3) is 0.458. The topological polar surface area (TPSA) is 55.6 Å². The van der Waals surface area contributed by atoms with Gasteiger partial charge in [-0.1, -0.05) is 36.4 Å². The van der Waals surface area contributed by atoms with E-state index in [1.165, 1.54) is 6.07 Å². The van der Waals surface area contributed by atoms with Crippen LogP contribution in [0.2, 0.25) is 0 Å². The van der Waals surface area contributed by atoms with Gasteiger partial charge in [-0.2, -0.15) is 0 Å². The Morgan fingerprint density at radius 1 is 1.00 bits per heavy atom. The molecule has 4 nitrogen and oxygen atoms in total. The summed E-state index contributed by atoms with van der Waals surface area (Å²) in [6, 6.07) is 15.0. The molecule has 1 saturated heterocycles. The van der Waals surface area contributed by atoms with Crippen LogP contribution in [-0.4, -0.2) is 37.0 Å². The third kappa shape index (κ3) is 6.57. The van der Waals surface area contributed by atoms with Crippen molar-refractivity contribution in [1.29, 1.82) is 0 Å². The molecule has 0 spiro atoms. The summed E-state index contributed by atoms with van der Waals surface area (Å²) in [4.78, 5) is 13.6. The maximum atomic E-state index is 13.8. The molecule has 29 heavy (non-hydrogen) atoms. The molecule has 5 heteroatoms. The van der Waals surface area contributed by atoms with Crippen molar-refractivity contribution >= 4 is 5.91 Å². The molecule has 1 aliphatic rings. The quantitative estimate of drug-likeness (QED) is 0.616. The van der Waals surface area contributed by atoms with E-state index in [1.807, 2.05) is 30.3 Å². The van der Waals surface area contributed by atoms with Crippen molar-refractivity contribution in [2.24, 2.45) is 11.7 Å². The summed E-state index contributed by atoms with van der Waals surface area (Å²) in [6.45, 7) is 3.61. The average Bonchev–Trinajstić information content (AvgIpc) is 2.74. The molecule has 0 radical (unpaired) electrons. The summed E-state index contributed by atoms with van der Waals surface area (Å²) < 4.78 is 19.9. The summed E-state index contributed by atoms with van der Waals surface area (Å²) in [7, 11) is 0. The molecule has 0 aromatic heterocycles. The number of amides is 1. The normalized spacial score (nSPS) is 15.3. The number of piperidine rings is 1. The summed E-state index contributed by atoms with van der Waals surface area (Å²) in [5.41, 5.74) is 7.24. The lowest BCUT2D eigenvalue weighted by atomic mass is 9.96. The second-order valence-electron chi connectivity index (χ2n) is 7.77. The van der Waals surface area contributed by atoms with E-state index in [1.54, 1.807) is 6.07 Å². The lowest BCUT2D eigenvalue weighted by Crippen LogP contribution is -2.38. The van der Waals surface area contributed by atoms with E-state index in [-0.39, 0.29) is 17.6 Å². The molecule has 0 unspecified atom stereocenters. The summed E-state index contributed by atoms with van der Waals surface area (Å²) in [6.07, 6.45) is 5.22. The van der Waals surface area contributed by atoms with Crippen molar-refractivity contribution in [3.63, 3.8) is 0 Å². The number of carbonyl (C=O) groups is 1. The Morgan fingerprint density at radius 2 is 1.66 bits per heavy atom. The Hall–Kier alpha value is -2.40. The van der Waals surface area contributed by atoms with Gasteiger partial charge in [0.2, 0.25) is 5.91 Å². The van der Waals surface area contributed by atoms with E-state index in [9.17, 15) is 9.18 Å². The predicted octanol–water partition coefficient (Wildman–Crippen LogP) is 3.97. The van der Waals surface area contributed by atoms with E-state index in [2.05, 4.69) is 11.0 Å². The second-order valence-corrected chi connectivity index (χ2v) is 7.77. The maximum Gasteiger partial charge on any atom is 0.220 e. The van der Waals surface area contributed by atoms with Crippen LogP contribution in [0.1, 0.15) is 36.8 Å². The monoisotopic (exact) mass is 398 g/mol. The zero-order valence-electron chi connectivity index (χ0n) is 17.0. The van der Waals surface area contributed by atoms with Crippen molar-refractivity contribution in [1.82, 2.24) is 4.90 Å². The number of likely N-dealkylation sites (tertiary alicyclic amines) is 1. The van der Waals surface area contributed by atoms with Crippen molar-refractivity contribution in [3.8, 4) is 5.75 Å². The second kappa shape index (κ2) is 11.0. The van der Waals surface area contributed by atoms with Gasteiger partial charge in [0.15, 0.2) is 0 Å². The Labute approximate surface area is 172 Å². The third-order valence-corrected chi connectivity index (χ3v) is 5.71. The molecule has 2 N–H and O–H groups in total. The number of rotatable bonds is 10. The van der Waals surface area contributed by atoms with Gasteiger partial charge in [0.25, 0.3) is 0 Å². The van der Waals surface area contributed by atoms with Crippen LogP contribution in [0.5, 0.6) is 5.75 Å². The number of benzene rings is 2. The molecule has 0 atom stereocenters. The molecule has 3 rings (SSSR count). The highest BCUT2D eigenvalue weighted by molar-refractivity contribution is 5.76. The molecule has 1 aliphatic heterocycles. The lowest BCUT2D eigenvalue weighted by molar-refractivity contribution is -0.123. The number of unbranched alkanes of at least 4 members (excludes halogenated alkanes) is 1. The van der Waals surface area contributed by atoms with Gasteiger partial charge < -0.3 is 15.4 Å². The molecule has 0 bridgehead atoms. The predicted molar refractivity (Wildman–Crippen MR) is 113 cm³/mol. The van der Waals surface area contributed by atoms with Gasteiger partial charge in [-0.15, -0.1) is 0 Å². The van der Waals surface area contributed by atoms with Gasteiger partial charge in [-0.25, -0.2) is 4.39 Å². The zero-order chi connectivity index (χ0) is 20.5. The van der Waals surface area contributed by atoms with Crippen LogP contribution < -0.4 is 10.5 Å². The Balaban J connectivity index is 1.38. The minimum absolute atomic E-state index is 0.0513. The SMILES string of the molecule is NC(=O)C1CCN(CCCCOc2ccccc2CCc2ccccc2F)CC1. The summed E-state index contributed by atoms with van der Waals surface area (Å²) >= 11 is 0. The van der Waals surface area contributed by atoms with Gasteiger partial charge in [-0.05, 0) is 81.4 Å². The molecular weight excluding hydrogens is 367 g/mol.